The third kappa shape index (κ3) is 4.70. The number of aromatic nitrogens is 1. The maximum atomic E-state index is 11.5. The van der Waals surface area contributed by atoms with E-state index in [1.165, 1.54) is 6.26 Å². The molecule has 0 fully saturated rings. The molecule has 0 aliphatic heterocycles. The van der Waals surface area contributed by atoms with Crippen LogP contribution in [0.3, 0.4) is 0 Å². The number of hydrogen-bond acceptors (Lipinski definition) is 5. The predicted molar refractivity (Wildman–Crippen MR) is 66.8 cm³/mol. The molecule has 96 valence electrons. The maximum Gasteiger partial charge on any atom is 0.179 e. The first-order valence-corrected chi connectivity index (χ1v) is 7.44. The van der Waals surface area contributed by atoms with Crippen molar-refractivity contribution in [3.63, 3.8) is 0 Å². The molecule has 0 aliphatic rings. The van der Waals surface area contributed by atoms with E-state index in [2.05, 4.69) is 10.3 Å². The van der Waals surface area contributed by atoms with E-state index >= 15 is 0 Å². The SMILES string of the molecule is CS(=O)(=O)c1cccnc1NCCCCCO. The minimum absolute atomic E-state index is 0.193. The Balaban J connectivity index is 2.59. The Morgan fingerprint density at radius 1 is 1.35 bits per heavy atom. The van der Waals surface area contributed by atoms with Crippen LogP contribution in [0, 0.1) is 0 Å². The minimum Gasteiger partial charge on any atom is -0.396 e. The number of aliphatic hydroxyl groups excluding tert-OH is 1. The highest BCUT2D eigenvalue weighted by atomic mass is 32.2. The number of unbranched alkanes of at least 4 members (excludes halogenated alkanes) is 2. The van der Waals surface area contributed by atoms with Gasteiger partial charge in [-0.15, -0.1) is 0 Å². The summed E-state index contributed by atoms with van der Waals surface area (Å²) in [5.41, 5.74) is 0. The average molecular weight is 258 g/mol. The first-order chi connectivity index (χ1) is 8.05. The van der Waals surface area contributed by atoms with Gasteiger partial charge < -0.3 is 10.4 Å². The second-order valence-electron chi connectivity index (χ2n) is 3.83. The topological polar surface area (TPSA) is 79.3 Å². The van der Waals surface area contributed by atoms with Gasteiger partial charge in [0.05, 0.1) is 0 Å². The van der Waals surface area contributed by atoms with Crippen molar-refractivity contribution in [3.8, 4) is 0 Å². The van der Waals surface area contributed by atoms with Crippen LogP contribution >= 0.6 is 0 Å². The van der Waals surface area contributed by atoms with Crippen LogP contribution in [0.1, 0.15) is 19.3 Å². The summed E-state index contributed by atoms with van der Waals surface area (Å²) in [4.78, 5) is 4.25. The first-order valence-electron chi connectivity index (χ1n) is 5.55. The lowest BCUT2D eigenvalue weighted by atomic mass is 10.2. The van der Waals surface area contributed by atoms with E-state index < -0.39 is 9.84 Å². The summed E-state index contributed by atoms with van der Waals surface area (Å²) >= 11 is 0. The van der Waals surface area contributed by atoms with E-state index in [9.17, 15) is 8.42 Å². The molecule has 0 amide bonds. The Morgan fingerprint density at radius 2 is 2.12 bits per heavy atom. The third-order valence-corrected chi connectivity index (χ3v) is 3.43. The molecular weight excluding hydrogens is 240 g/mol. The first kappa shape index (κ1) is 13.9. The molecule has 17 heavy (non-hydrogen) atoms. The summed E-state index contributed by atoms with van der Waals surface area (Å²) < 4.78 is 23.0. The number of anilines is 1. The summed E-state index contributed by atoms with van der Waals surface area (Å²) in [6, 6.07) is 3.14. The van der Waals surface area contributed by atoms with Crippen LogP contribution in [0.4, 0.5) is 5.82 Å². The van der Waals surface area contributed by atoms with E-state index in [-0.39, 0.29) is 11.5 Å². The number of pyridine rings is 1. The van der Waals surface area contributed by atoms with Crippen molar-refractivity contribution < 1.29 is 13.5 Å². The summed E-state index contributed by atoms with van der Waals surface area (Å²) in [6.45, 7) is 0.845. The van der Waals surface area contributed by atoms with Crippen molar-refractivity contribution in [2.45, 2.75) is 24.2 Å². The van der Waals surface area contributed by atoms with Crippen LogP contribution in [-0.4, -0.2) is 37.9 Å². The number of sulfone groups is 1. The fourth-order valence-corrected chi connectivity index (χ4v) is 2.24. The van der Waals surface area contributed by atoms with Gasteiger partial charge in [0, 0.05) is 25.6 Å². The fourth-order valence-electron chi connectivity index (χ4n) is 1.44. The number of aliphatic hydroxyl groups is 1. The van der Waals surface area contributed by atoms with Crippen LogP contribution < -0.4 is 5.32 Å². The molecule has 1 aromatic heterocycles. The van der Waals surface area contributed by atoms with Crippen LogP contribution in [0.2, 0.25) is 0 Å². The van der Waals surface area contributed by atoms with E-state index in [0.29, 0.717) is 12.4 Å². The minimum atomic E-state index is -3.25. The van der Waals surface area contributed by atoms with Crippen molar-refractivity contribution >= 4 is 15.7 Å². The Hall–Kier alpha value is -1.14. The van der Waals surface area contributed by atoms with Crippen molar-refractivity contribution in [1.82, 2.24) is 4.98 Å². The van der Waals surface area contributed by atoms with Gasteiger partial charge in [-0.3, -0.25) is 0 Å². The summed E-state index contributed by atoms with van der Waals surface area (Å²) in [6.07, 6.45) is 5.28. The number of hydrogen-bond donors (Lipinski definition) is 2. The van der Waals surface area contributed by atoms with E-state index in [1.807, 2.05) is 0 Å². The zero-order chi connectivity index (χ0) is 12.7. The molecule has 1 aromatic rings. The van der Waals surface area contributed by atoms with E-state index in [4.69, 9.17) is 5.11 Å². The molecule has 2 N–H and O–H groups in total. The van der Waals surface area contributed by atoms with Crippen LogP contribution in [-0.2, 0) is 9.84 Å². The highest BCUT2D eigenvalue weighted by molar-refractivity contribution is 7.90. The molecule has 0 saturated heterocycles. The molecule has 0 radical (unpaired) electrons. The predicted octanol–water partition coefficient (Wildman–Crippen LogP) is 1.06. The molecule has 0 unspecified atom stereocenters. The van der Waals surface area contributed by atoms with Crippen LogP contribution in [0.5, 0.6) is 0 Å². The summed E-state index contributed by atoms with van der Waals surface area (Å²) in [5, 5.41) is 11.6. The lowest BCUT2D eigenvalue weighted by molar-refractivity contribution is 0.283. The van der Waals surface area contributed by atoms with E-state index in [0.717, 1.165) is 19.3 Å². The molecule has 1 rings (SSSR count). The molecule has 0 aromatic carbocycles. The normalized spacial score (nSPS) is 11.4. The van der Waals surface area contributed by atoms with Gasteiger partial charge in [0.1, 0.15) is 10.7 Å². The molecule has 0 atom stereocenters. The van der Waals surface area contributed by atoms with Crippen molar-refractivity contribution in [1.29, 1.82) is 0 Å². The zero-order valence-electron chi connectivity index (χ0n) is 9.89. The molecule has 1 heterocycles. The smallest absolute Gasteiger partial charge is 0.179 e. The molecule has 0 aliphatic carbocycles. The van der Waals surface area contributed by atoms with Gasteiger partial charge >= 0.3 is 0 Å². The van der Waals surface area contributed by atoms with Gasteiger partial charge in [-0.1, -0.05) is 0 Å². The van der Waals surface area contributed by atoms with Crippen molar-refractivity contribution in [3.05, 3.63) is 18.3 Å². The largest absolute Gasteiger partial charge is 0.396 e. The second-order valence-corrected chi connectivity index (χ2v) is 5.82. The van der Waals surface area contributed by atoms with E-state index in [1.54, 1.807) is 18.3 Å². The van der Waals surface area contributed by atoms with Gasteiger partial charge in [-0.05, 0) is 31.4 Å². The Labute approximate surface area is 102 Å². The fraction of sp³-hybridized carbons (Fsp3) is 0.545. The molecule has 6 heteroatoms. The summed E-state index contributed by atoms with van der Waals surface area (Å²) in [5.74, 6) is 0.402. The van der Waals surface area contributed by atoms with Gasteiger partial charge in [0.2, 0.25) is 0 Å². The Bertz CT molecular complexity index is 446. The Kier molecular flexibility index (Phi) is 5.37. The van der Waals surface area contributed by atoms with Crippen molar-refractivity contribution in [2.24, 2.45) is 0 Å². The molecule has 5 nitrogen and oxygen atoms in total. The lowest BCUT2D eigenvalue weighted by Crippen LogP contribution is -2.09. The highest BCUT2D eigenvalue weighted by Gasteiger charge is 2.12. The number of nitrogens with zero attached hydrogens (tertiary/aromatic N) is 1. The zero-order valence-corrected chi connectivity index (χ0v) is 10.7. The van der Waals surface area contributed by atoms with Gasteiger partial charge in [0.25, 0.3) is 0 Å². The average Bonchev–Trinajstić information content (AvgIpc) is 2.28. The molecule has 0 saturated carbocycles. The van der Waals surface area contributed by atoms with Crippen molar-refractivity contribution in [2.75, 3.05) is 24.7 Å². The number of nitrogens with one attached hydrogen (secondary N) is 1. The molecule has 0 spiro atoms. The van der Waals surface area contributed by atoms with Crippen LogP contribution in [0.25, 0.3) is 0 Å². The standard InChI is InChI=1S/C11H18N2O3S/c1-17(15,16)10-6-5-8-13-11(10)12-7-3-2-4-9-14/h5-6,8,14H,2-4,7,9H2,1H3,(H,12,13). The lowest BCUT2D eigenvalue weighted by Gasteiger charge is -2.08. The quantitative estimate of drug-likeness (QED) is 0.715. The van der Waals surface area contributed by atoms with Gasteiger partial charge in [-0.2, -0.15) is 0 Å². The molecular formula is C11H18N2O3S. The third-order valence-electron chi connectivity index (χ3n) is 2.30. The highest BCUT2D eigenvalue weighted by Crippen LogP contribution is 2.17. The van der Waals surface area contributed by atoms with Gasteiger partial charge in [0.15, 0.2) is 9.84 Å². The maximum absolute atomic E-state index is 11.5. The Morgan fingerprint density at radius 3 is 2.76 bits per heavy atom. The monoisotopic (exact) mass is 258 g/mol. The summed E-state index contributed by atoms with van der Waals surface area (Å²) in [7, 11) is -3.25. The second kappa shape index (κ2) is 6.56. The number of rotatable bonds is 7. The molecule has 0 bridgehead atoms. The van der Waals surface area contributed by atoms with Crippen LogP contribution in [0.15, 0.2) is 23.2 Å². The van der Waals surface area contributed by atoms with Gasteiger partial charge in [-0.25, -0.2) is 13.4 Å².